The summed E-state index contributed by atoms with van der Waals surface area (Å²) in [5, 5.41) is 3.52. The van der Waals surface area contributed by atoms with Crippen LogP contribution in [0.25, 0.3) is 11.0 Å². The van der Waals surface area contributed by atoms with Crippen LogP contribution in [0.5, 0.6) is 0 Å². The lowest BCUT2D eigenvalue weighted by atomic mass is 9.86. The van der Waals surface area contributed by atoms with Crippen LogP contribution in [-0.2, 0) is 19.6 Å². The lowest BCUT2D eigenvalue weighted by molar-refractivity contribution is -0.124. The molecule has 1 saturated heterocycles. The summed E-state index contributed by atoms with van der Waals surface area (Å²) in [6.45, 7) is 0.621. The first kappa shape index (κ1) is 17.2. The fraction of sp³-hybridized carbons (Fsp3) is 0.263. The Labute approximate surface area is 161 Å². The average Bonchev–Trinajstić information content (AvgIpc) is 3.19. The Bertz CT molecular complexity index is 1170. The monoisotopic (exact) mass is 398 g/mol. The van der Waals surface area contributed by atoms with Crippen molar-refractivity contribution in [3.05, 3.63) is 48.8 Å². The number of pyridine rings is 1. The van der Waals surface area contributed by atoms with Crippen molar-refractivity contribution in [1.29, 1.82) is 0 Å². The number of sulfonamides is 1. The number of nitrogens with zero attached hydrogens (tertiary/aromatic N) is 2. The topological polar surface area (TPSA) is 104 Å². The summed E-state index contributed by atoms with van der Waals surface area (Å²) >= 11 is 0. The molecule has 1 fully saturated rings. The zero-order chi connectivity index (χ0) is 19.4. The van der Waals surface area contributed by atoms with Gasteiger partial charge in [-0.05, 0) is 18.2 Å². The quantitative estimate of drug-likeness (QED) is 0.689. The molecule has 0 radical (unpaired) electrons. The third-order valence-corrected chi connectivity index (χ3v) is 7.30. The van der Waals surface area contributed by atoms with E-state index in [0.717, 1.165) is 0 Å². The molecule has 0 atom stereocenters. The number of carbonyl (C=O) groups is 1. The maximum absolute atomic E-state index is 13.8. The Balaban J connectivity index is 1.84. The van der Waals surface area contributed by atoms with E-state index in [-0.39, 0.29) is 23.6 Å². The summed E-state index contributed by atoms with van der Waals surface area (Å²) in [4.78, 5) is 20.6. The zero-order valence-electron chi connectivity index (χ0n) is 14.9. The third kappa shape index (κ3) is 2.29. The molecule has 1 amide bonds. The molecule has 2 aliphatic rings. The highest BCUT2D eigenvalue weighted by atomic mass is 32.2. The standard InChI is InChI=1S/C19H18N4O4S/c24-18-19(7-10-27-11-8-19)23(28(25,26)13-4-2-1-3-5-13)16-14-6-9-20-17(14)21-12-15(16)22-18/h1-6,9,12H,7-8,10-11H2,(H,20,21)(H,22,24). The minimum atomic E-state index is -4.01. The summed E-state index contributed by atoms with van der Waals surface area (Å²) in [5.74, 6) is -0.348. The second-order valence-electron chi connectivity index (χ2n) is 6.94. The van der Waals surface area contributed by atoms with Gasteiger partial charge in [-0.1, -0.05) is 18.2 Å². The lowest BCUT2D eigenvalue weighted by Crippen LogP contribution is -2.64. The molecule has 1 aromatic carbocycles. The molecule has 0 bridgehead atoms. The average molecular weight is 398 g/mol. The van der Waals surface area contributed by atoms with Gasteiger partial charge >= 0.3 is 0 Å². The summed E-state index contributed by atoms with van der Waals surface area (Å²) in [5.41, 5.74) is 0.140. The van der Waals surface area contributed by atoms with Gasteiger partial charge in [-0.2, -0.15) is 0 Å². The van der Waals surface area contributed by atoms with Crippen LogP contribution in [0.15, 0.2) is 53.7 Å². The number of fused-ring (bicyclic) bond motifs is 3. The molecule has 144 valence electrons. The van der Waals surface area contributed by atoms with E-state index in [4.69, 9.17) is 4.74 Å². The Kier molecular flexibility index (Phi) is 3.72. The fourth-order valence-electron chi connectivity index (χ4n) is 4.04. The largest absolute Gasteiger partial charge is 0.381 e. The lowest BCUT2D eigenvalue weighted by Gasteiger charge is -2.48. The van der Waals surface area contributed by atoms with Crippen molar-refractivity contribution >= 4 is 38.3 Å². The van der Waals surface area contributed by atoms with E-state index >= 15 is 0 Å². The van der Waals surface area contributed by atoms with Crippen LogP contribution >= 0.6 is 0 Å². The van der Waals surface area contributed by atoms with Gasteiger partial charge in [0.2, 0.25) is 0 Å². The second-order valence-corrected chi connectivity index (χ2v) is 8.73. The molecule has 9 heteroatoms. The van der Waals surface area contributed by atoms with Gasteiger partial charge in [0.1, 0.15) is 11.2 Å². The van der Waals surface area contributed by atoms with Crippen molar-refractivity contribution in [2.24, 2.45) is 0 Å². The molecule has 1 spiro atoms. The van der Waals surface area contributed by atoms with Gasteiger partial charge in [-0.15, -0.1) is 0 Å². The maximum atomic E-state index is 13.8. The van der Waals surface area contributed by atoms with E-state index < -0.39 is 15.6 Å². The third-order valence-electron chi connectivity index (χ3n) is 5.42. The van der Waals surface area contributed by atoms with E-state index in [9.17, 15) is 13.2 Å². The molecule has 2 aliphatic heterocycles. The van der Waals surface area contributed by atoms with Crippen molar-refractivity contribution in [3.63, 3.8) is 0 Å². The second kappa shape index (κ2) is 6.05. The Morgan fingerprint density at radius 2 is 1.86 bits per heavy atom. The van der Waals surface area contributed by atoms with Crippen LogP contribution in [0.4, 0.5) is 11.4 Å². The smallest absolute Gasteiger partial charge is 0.265 e. The molecule has 0 saturated carbocycles. The van der Waals surface area contributed by atoms with Crippen LogP contribution in [-0.4, -0.2) is 43.0 Å². The molecule has 0 aliphatic carbocycles. The van der Waals surface area contributed by atoms with Crippen molar-refractivity contribution in [2.75, 3.05) is 22.8 Å². The number of aromatic nitrogens is 2. The van der Waals surface area contributed by atoms with E-state index in [1.807, 2.05) is 0 Å². The maximum Gasteiger partial charge on any atom is 0.265 e. The summed E-state index contributed by atoms with van der Waals surface area (Å²) in [7, 11) is -4.01. The van der Waals surface area contributed by atoms with Crippen molar-refractivity contribution < 1.29 is 17.9 Å². The van der Waals surface area contributed by atoms with Crippen LogP contribution in [0, 0.1) is 0 Å². The molecule has 2 N–H and O–H groups in total. The number of hydrogen-bond acceptors (Lipinski definition) is 5. The molecule has 8 nitrogen and oxygen atoms in total. The molecule has 3 aromatic rings. The summed E-state index contributed by atoms with van der Waals surface area (Å²) < 4.78 is 34.4. The summed E-state index contributed by atoms with van der Waals surface area (Å²) in [6.07, 6.45) is 3.75. The highest BCUT2D eigenvalue weighted by Crippen LogP contribution is 2.47. The number of rotatable bonds is 2. The van der Waals surface area contributed by atoms with Crippen molar-refractivity contribution in [3.8, 4) is 0 Å². The Hall–Kier alpha value is -2.91. The number of amides is 1. The van der Waals surface area contributed by atoms with Crippen molar-refractivity contribution in [1.82, 2.24) is 9.97 Å². The summed E-state index contributed by atoms with van der Waals surface area (Å²) in [6, 6.07) is 9.97. The van der Waals surface area contributed by atoms with Gasteiger partial charge in [-0.25, -0.2) is 17.7 Å². The molecule has 5 rings (SSSR count). The van der Waals surface area contributed by atoms with Crippen LogP contribution in [0.1, 0.15) is 12.8 Å². The van der Waals surface area contributed by atoms with Crippen LogP contribution in [0.2, 0.25) is 0 Å². The van der Waals surface area contributed by atoms with Gasteiger partial charge in [0.05, 0.1) is 22.5 Å². The van der Waals surface area contributed by atoms with Gasteiger partial charge < -0.3 is 15.0 Å². The highest BCUT2D eigenvalue weighted by Gasteiger charge is 2.54. The molecular weight excluding hydrogens is 380 g/mol. The van der Waals surface area contributed by atoms with Gasteiger partial charge in [0.25, 0.3) is 15.9 Å². The normalized spacial score (nSPS) is 18.9. The van der Waals surface area contributed by atoms with E-state index in [0.29, 0.717) is 35.6 Å². The van der Waals surface area contributed by atoms with E-state index in [2.05, 4.69) is 15.3 Å². The first-order valence-electron chi connectivity index (χ1n) is 9.00. The number of benzene rings is 1. The van der Waals surface area contributed by atoms with Crippen molar-refractivity contribution in [2.45, 2.75) is 23.3 Å². The predicted molar refractivity (Wildman–Crippen MR) is 104 cm³/mol. The van der Waals surface area contributed by atoms with E-state index in [1.165, 1.54) is 10.5 Å². The number of carbonyl (C=O) groups excluding carboxylic acids is 1. The number of aromatic amines is 1. The zero-order valence-corrected chi connectivity index (χ0v) is 15.7. The number of ether oxygens (including phenoxy) is 1. The molecular formula is C19H18N4O4S. The van der Waals surface area contributed by atoms with Gasteiger partial charge in [0.15, 0.2) is 0 Å². The SMILES string of the molecule is O=C1Nc2cnc3[nH]ccc3c2N(S(=O)(=O)c2ccccc2)C12CCOCC2. The minimum Gasteiger partial charge on any atom is -0.381 e. The predicted octanol–water partition coefficient (Wildman–Crippen LogP) is 2.26. The number of H-pyrrole nitrogens is 1. The Morgan fingerprint density at radius 3 is 2.61 bits per heavy atom. The number of nitrogens with one attached hydrogen (secondary N) is 2. The molecule has 4 heterocycles. The first-order chi connectivity index (χ1) is 13.5. The molecule has 0 unspecified atom stereocenters. The minimum absolute atomic E-state index is 0.141. The van der Waals surface area contributed by atoms with E-state index in [1.54, 1.807) is 42.6 Å². The Morgan fingerprint density at radius 1 is 1.11 bits per heavy atom. The number of anilines is 2. The van der Waals surface area contributed by atoms with Gasteiger partial charge in [-0.3, -0.25) is 4.79 Å². The van der Waals surface area contributed by atoms with Crippen LogP contribution < -0.4 is 9.62 Å². The van der Waals surface area contributed by atoms with Gasteiger partial charge in [0, 0.05) is 37.6 Å². The molecule has 2 aromatic heterocycles. The first-order valence-corrected chi connectivity index (χ1v) is 10.4. The fourth-order valence-corrected chi connectivity index (χ4v) is 5.91. The number of hydrogen-bond donors (Lipinski definition) is 2. The molecule has 28 heavy (non-hydrogen) atoms. The van der Waals surface area contributed by atoms with Crippen LogP contribution in [0.3, 0.4) is 0 Å². The highest BCUT2D eigenvalue weighted by molar-refractivity contribution is 7.93.